The normalized spacial score (nSPS) is 25.6. The number of fused-ring (bicyclic) bond motifs is 2. The lowest BCUT2D eigenvalue weighted by atomic mass is 9.98. The van der Waals surface area contributed by atoms with E-state index in [0.29, 0.717) is 11.3 Å². The van der Waals surface area contributed by atoms with Gasteiger partial charge in [0.25, 0.3) is 0 Å². The van der Waals surface area contributed by atoms with Gasteiger partial charge in [-0.1, -0.05) is 17.7 Å². The summed E-state index contributed by atoms with van der Waals surface area (Å²) in [6.07, 6.45) is 4.05. The van der Waals surface area contributed by atoms with Gasteiger partial charge in [-0.2, -0.15) is 0 Å². The van der Waals surface area contributed by atoms with Crippen molar-refractivity contribution in [3.8, 4) is 0 Å². The second-order valence-electron chi connectivity index (χ2n) is 4.97. The predicted molar refractivity (Wildman–Crippen MR) is 63.6 cm³/mol. The van der Waals surface area contributed by atoms with E-state index in [1.54, 1.807) is 0 Å². The number of likely N-dealkylation sites (N-methyl/N-ethyl adjacent to an activating group) is 1. The van der Waals surface area contributed by atoms with Crippen molar-refractivity contribution in [3.05, 3.63) is 34.3 Å². The third kappa shape index (κ3) is 1.41. The minimum atomic E-state index is 0.516. The van der Waals surface area contributed by atoms with E-state index in [1.165, 1.54) is 30.4 Å². The van der Waals surface area contributed by atoms with E-state index in [9.17, 15) is 0 Å². The fourth-order valence-electron chi connectivity index (χ4n) is 3.09. The van der Waals surface area contributed by atoms with Crippen molar-refractivity contribution >= 4 is 11.6 Å². The van der Waals surface area contributed by atoms with Crippen LogP contribution in [0.3, 0.4) is 0 Å². The quantitative estimate of drug-likeness (QED) is 0.810. The molecule has 0 bridgehead atoms. The van der Waals surface area contributed by atoms with Crippen LogP contribution in [0.5, 0.6) is 0 Å². The highest BCUT2D eigenvalue weighted by atomic mass is 35.5. The van der Waals surface area contributed by atoms with Crippen LogP contribution in [0.15, 0.2) is 18.2 Å². The van der Waals surface area contributed by atoms with E-state index >= 15 is 0 Å². The zero-order valence-electron chi connectivity index (χ0n) is 9.02. The molecular formula is C13H16ClN. The Morgan fingerprint density at radius 2 is 2.27 bits per heavy atom. The maximum absolute atomic E-state index is 6.09. The molecule has 0 aromatic heterocycles. The molecule has 1 unspecified atom stereocenters. The summed E-state index contributed by atoms with van der Waals surface area (Å²) in [7, 11) is 2.04. The smallest absolute Gasteiger partial charge is 0.0409 e. The van der Waals surface area contributed by atoms with Crippen molar-refractivity contribution in [1.82, 2.24) is 5.32 Å². The number of hydrogen-bond acceptors (Lipinski definition) is 1. The molecule has 2 heteroatoms. The van der Waals surface area contributed by atoms with Crippen LogP contribution < -0.4 is 5.32 Å². The highest BCUT2D eigenvalue weighted by Crippen LogP contribution is 2.60. The molecule has 2 aliphatic rings. The zero-order chi connectivity index (χ0) is 10.5. The molecule has 0 heterocycles. The van der Waals surface area contributed by atoms with Gasteiger partial charge in [-0.3, -0.25) is 0 Å². The van der Waals surface area contributed by atoms with Gasteiger partial charge < -0.3 is 5.32 Å². The summed E-state index contributed by atoms with van der Waals surface area (Å²) < 4.78 is 0. The molecule has 1 aromatic rings. The van der Waals surface area contributed by atoms with Crippen LogP contribution in [0.2, 0.25) is 5.02 Å². The summed E-state index contributed by atoms with van der Waals surface area (Å²) in [6, 6.07) is 6.46. The molecule has 0 amide bonds. The second-order valence-corrected chi connectivity index (χ2v) is 5.41. The lowest BCUT2D eigenvalue weighted by molar-refractivity contribution is 0.556. The summed E-state index contributed by atoms with van der Waals surface area (Å²) in [5.74, 6) is 0.699. The molecule has 0 radical (unpaired) electrons. The first-order valence-corrected chi connectivity index (χ1v) is 6.07. The van der Waals surface area contributed by atoms with E-state index in [1.807, 2.05) is 13.1 Å². The molecule has 15 heavy (non-hydrogen) atoms. The van der Waals surface area contributed by atoms with Gasteiger partial charge in [-0.25, -0.2) is 0 Å². The Morgan fingerprint density at radius 3 is 2.93 bits per heavy atom. The second kappa shape index (κ2) is 3.23. The van der Waals surface area contributed by atoms with Crippen molar-refractivity contribution in [2.24, 2.45) is 0 Å². The topological polar surface area (TPSA) is 12.0 Å². The van der Waals surface area contributed by atoms with Gasteiger partial charge in [-0.15, -0.1) is 0 Å². The Kier molecular flexibility index (Phi) is 2.08. The van der Waals surface area contributed by atoms with E-state index in [2.05, 4.69) is 17.4 Å². The standard InChI is InChI=1S/C13H16ClN/c1-15-8-9-7-13(4-5-13)12-6-10(14)2-3-11(9)12/h2-3,6,9,15H,4-5,7-8H2,1H3. The van der Waals surface area contributed by atoms with Gasteiger partial charge in [-0.05, 0) is 60.9 Å². The third-order valence-electron chi connectivity index (χ3n) is 3.97. The monoisotopic (exact) mass is 221 g/mol. The summed E-state index contributed by atoms with van der Waals surface area (Å²) in [5.41, 5.74) is 3.59. The minimum Gasteiger partial charge on any atom is -0.319 e. The lowest BCUT2D eigenvalue weighted by Gasteiger charge is -2.10. The Hall–Kier alpha value is -0.530. The van der Waals surface area contributed by atoms with Crippen LogP contribution in [-0.4, -0.2) is 13.6 Å². The predicted octanol–water partition coefficient (Wildman–Crippen LogP) is 3.08. The molecule has 0 saturated heterocycles. The van der Waals surface area contributed by atoms with Crippen molar-refractivity contribution in [1.29, 1.82) is 0 Å². The largest absolute Gasteiger partial charge is 0.319 e. The van der Waals surface area contributed by atoms with Crippen LogP contribution >= 0.6 is 11.6 Å². The van der Waals surface area contributed by atoms with Gasteiger partial charge in [0.1, 0.15) is 0 Å². The molecule has 80 valence electrons. The van der Waals surface area contributed by atoms with Gasteiger partial charge in [0.2, 0.25) is 0 Å². The molecular weight excluding hydrogens is 206 g/mol. The van der Waals surface area contributed by atoms with Crippen molar-refractivity contribution in [3.63, 3.8) is 0 Å². The van der Waals surface area contributed by atoms with Crippen LogP contribution in [0.4, 0.5) is 0 Å². The summed E-state index contributed by atoms with van der Waals surface area (Å²) >= 11 is 6.09. The molecule has 1 nitrogen and oxygen atoms in total. The first kappa shape index (κ1) is 9.68. The molecule has 3 rings (SSSR count). The number of hydrogen-bond donors (Lipinski definition) is 1. The molecule has 0 aliphatic heterocycles. The minimum absolute atomic E-state index is 0.516. The highest BCUT2D eigenvalue weighted by molar-refractivity contribution is 6.30. The first-order valence-electron chi connectivity index (χ1n) is 5.70. The number of rotatable bonds is 2. The molecule has 2 aliphatic carbocycles. The Balaban J connectivity index is 2.04. The first-order chi connectivity index (χ1) is 7.25. The van der Waals surface area contributed by atoms with Crippen molar-refractivity contribution in [2.45, 2.75) is 30.6 Å². The highest BCUT2D eigenvalue weighted by Gasteiger charge is 2.51. The van der Waals surface area contributed by atoms with Crippen LogP contribution in [0.1, 0.15) is 36.3 Å². The molecule has 1 atom stereocenters. The molecule has 1 fully saturated rings. The summed E-state index contributed by atoms with van der Waals surface area (Å²) in [4.78, 5) is 0. The number of nitrogens with one attached hydrogen (secondary N) is 1. The van der Waals surface area contributed by atoms with E-state index in [4.69, 9.17) is 11.6 Å². The van der Waals surface area contributed by atoms with Gasteiger partial charge in [0.05, 0.1) is 0 Å². The van der Waals surface area contributed by atoms with Gasteiger partial charge in [0, 0.05) is 11.6 Å². The Labute approximate surface area is 95.8 Å². The fourth-order valence-corrected chi connectivity index (χ4v) is 3.26. The average molecular weight is 222 g/mol. The lowest BCUT2D eigenvalue weighted by Crippen LogP contribution is -2.15. The zero-order valence-corrected chi connectivity index (χ0v) is 9.77. The van der Waals surface area contributed by atoms with Crippen LogP contribution in [0.25, 0.3) is 0 Å². The summed E-state index contributed by atoms with van der Waals surface area (Å²) in [6.45, 7) is 1.09. The van der Waals surface area contributed by atoms with Crippen molar-refractivity contribution in [2.75, 3.05) is 13.6 Å². The fraction of sp³-hybridized carbons (Fsp3) is 0.538. The van der Waals surface area contributed by atoms with Gasteiger partial charge >= 0.3 is 0 Å². The molecule has 1 saturated carbocycles. The van der Waals surface area contributed by atoms with E-state index < -0.39 is 0 Å². The van der Waals surface area contributed by atoms with E-state index in [0.717, 1.165) is 11.6 Å². The number of benzene rings is 1. The maximum atomic E-state index is 6.09. The van der Waals surface area contributed by atoms with Gasteiger partial charge in [0.15, 0.2) is 0 Å². The molecule has 1 N–H and O–H groups in total. The van der Waals surface area contributed by atoms with Crippen molar-refractivity contribution < 1.29 is 0 Å². The van der Waals surface area contributed by atoms with Crippen LogP contribution in [-0.2, 0) is 5.41 Å². The Bertz CT molecular complexity index is 396. The molecule has 1 aromatic carbocycles. The molecule has 1 spiro atoms. The number of halogens is 1. The van der Waals surface area contributed by atoms with E-state index in [-0.39, 0.29) is 0 Å². The SMILES string of the molecule is CNCC1CC2(CC2)c2cc(Cl)ccc21. The Morgan fingerprint density at radius 1 is 1.47 bits per heavy atom. The summed E-state index contributed by atoms with van der Waals surface area (Å²) in [5, 5.41) is 4.19. The maximum Gasteiger partial charge on any atom is 0.0409 e. The average Bonchev–Trinajstić information content (AvgIpc) is 2.92. The van der Waals surface area contributed by atoms with Crippen LogP contribution in [0, 0.1) is 0 Å². The third-order valence-corrected chi connectivity index (χ3v) is 4.20.